The van der Waals surface area contributed by atoms with E-state index >= 15 is 0 Å². The predicted octanol–water partition coefficient (Wildman–Crippen LogP) is 3.53. The number of nitrogens with one attached hydrogen (secondary N) is 3. The van der Waals surface area contributed by atoms with Gasteiger partial charge in [0.15, 0.2) is 0 Å². The lowest BCUT2D eigenvalue weighted by Gasteiger charge is -2.07. The summed E-state index contributed by atoms with van der Waals surface area (Å²) < 4.78 is 17.3. The lowest BCUT2D eigenvalue weighted by atomic mass is 10.1. The second kappa shape index (κ2) is 13.9. The van der Waals surface area contributed by atoms with Crippen LogP contribution in [0.3, 0.4) is 0 Å². The molecule has 26 heavy (non-hydrogen) atoms. The molecule has 0 heterocycles. The smallest absolute Gasteiger partial charge is 0.102 e. The molecule has 0 bridgehead atoms. The van der Waals surface area contributed by atoms with Crippen molar-refractivity contribution in [1.82, 2.24) is 10.6 Å². The van der Waals surface area contributed by atoms with Crippen molar-refractivity contribution < 1.29 is 9.13 Å². The Morgan fingerprint density at radius 1 is 1.04 bits per heavy atom. The molecule has 0 saturated carbocycles. The minimum atomic E-state index is -0.350. The fourth-order valence-electron chi connectivity index (χ4n) is 2.01. The summed E-state index contributed by atoms with van der Waals surface area (Å²) in [6, 6.07) is 8.16. The molecule has 1 rings (SSSR count). The molecule has 0 aromatic heterocycles. The standard InChI is InChI=1S/C21H30FN3O/c1-18(5-7-20-8-10-21(23-3)11-9-20)4-6-19(2)25-15-17-26-16-14-24-13-12-22/h4-11,23-25H,1-2,12-17H2,3H3/b6-4-,7-5+. The zero-order valence-corrected chi connectivity index (χ0v) is 15.6. The third-order valence-electron chi connectivity index (χ3n) is 3.48. The average Bonchev–Trinajstić information content (AvgIpc) is 2.67. The summed E-state index contributed by atoms with van der Waals surface area (Å²) in [4.78, 5) is 0. The van der Waals surface area contributed by atoms with Crippen molar-refractivity contribution in [2.75, 3.05) is 51.9 Å². The first kappa shape index (κ1) is 21.7. The van der Waals surface area contributed by atoms with Gasteiger partial charge < -0.3 is 20.7 Å². The van der Waals surface area contributed by atoms with E-state index in [0.717, 1.165) is 22.5 Å². The lowest BCUT2D eigenvalue weighted by molar-refractivity contribution is 0.139. The fraction of sp³-hybridized carbons (Fsp3) is 0.333. The Balaban J connectivity index is 2.19. The van der Waals surface area contributed by atoms with Gasteiger partial charge in [-0.05, 0) is 29.3 Å². The summed E-state index contributed by atoms with van der Waals surface area (Å²) in [6.45, 7) is 10.5. The first-order chi connectivity index (χ1) is 12.7. The number of allylic oxidation sites excluding steroid dienone is 4. The Labute approximate surface area is 156 Å². The highest BCUT2D eigenvalue weighted by molar-refractivity contribution is 5.57. The maximum absolute atomic E-state index is 11.9. The van der Waals surface area contributed by atoms with Gasteiger partial charge in [-0.1, -0.05) is 43.5 Å². The van der Waals surface area contributed by atoms with E-state index in [0.29, 0.717) is 32.8 Å². The van der Waals surface area contributed by atoms with E-state index in [1.165, 1.54) is 0 Å². The number of anilines is 1. The Morgan fingerprint density at radius 2 is 1.77 bits per heavy atom. The Morgan fingerprint density at radius 3 is 2.46 bits per heavy atom. The zero-order chi connectivity index (χ0) is 19.0. The van der Waals surface area contributed by atoms with Crippen LogP contribution in [0.25, 0.3) is 6.08 Å². The van der Waals surface area contributed by atoms with Crippen LogP contribution in [-0.4, -0.2) is 46.6 Å². The zero-order valence-electron chi connectivity index (χ0n) is 15.6. The third kappa shape index (κ3) is 10.5. The van der Waals surface area contributed by atoms with Gasteiger partial charge in [-0.3, -0.25) is 0 Å². The lowest BCUT2D eigenvalue weighted by Crippen LogP contribution is -2.24. The number of alkyl halides is 1. The van der Waals surface area contributed by atoms with Crippen LogP contribution in [0, 0.1) is 0 Å². The van der Waals surface area contributed by atoms with Crippen LogP contribution in [0.2, 0.25) is 0 Å². The van der Waals surface area contributed by atoms with Gasteiger partial charge in [0.25, 0.3) is 0 Å². The van der Waals surface area contributed by atoms with Crippen molar-refractivity contribution in [2.24, 2.45) is 0 Å². The molecule has 0 aliphatic carbocycles. The predicted molar refractivity (Wildman–Crippen MR) is 110 cm³/mol. The van der Waals surface area contributed by atoms with Crippen molar-refractivity contribution in [3.63, 3.8) is 0 Å². The second-order valence-electron chi connectivity index (χ2n) is 5.62. The Bertz CT molecular complexity index is 594. The molecular weight excluding hydrogens is 329 g/mol. The van der Waals surface area contributed by atoms with Gasteiger partial charge in [0.05, 0.1) is 13.2 Å². The van der Waals surface area contributed by atoms with Gasteiger partial charge >= 0.3 is 0 Å². The van der Waals surface area contributed by atoms with Crippen LogP contribution < -0.4 is 16.0 Å². The number of ether oxygens (including phenoxy) is 1. The summed E-state index contributed by atoms with van der Waals surface area (Å²) in [5.74, 6) is 0. The third-order valence-corrected chi connectivity index (χ3v) is 3.48. The number of hydrogen-bond acceptors (Lipinski definition) is 4. The molecule has 0 fully saturated rings. The molecule has 3 N–H and O–H groups in total. The highest BCUT2D eigenvalue weighted by Crippen LogP contribution is 2.11. The van der Waals surface area contributed by atoms with E-state index in [1.807, 2.05) is 55.6 Å². The van der Waals surface area contributed by atoms with Gasteiger partial charge in [-0.25, -0.2) is 4.39 Å². The summed E-state index contributed by atoms with van der Waals surface area (Å²) in [7, 11) is 1.90. The number of halogens is 1. The molecule has 1 aromatic rings. The minimum Gasteiger partial charge on any atom is -0.388 e. The number of benzene rings is 1. The van der Waals surface area contributed by atoms with Gasteiger partial charge in [0.1, 0.15) is 6.67 Å². The quantitative estimate of drug-likeness (QED) is 0.351. The van der Waals surface area contributed by atoms with Crippen LogP contribution in [0.4, 0.5) is 10.1 Å². The van der Waals surface area contributed by atoms with Gasteiger partial charge in [-0.2, -0.15) is 0 Å². The molecule has 0 amide bonds. The normalized spacial score (nSPS) is 11.2. The Kier molecular flexibility index (Phi) is 11.6. The molecule has 5 heteroatoms. The molecule has 0 atom stereocenters. The van der Waals surface area contributed by atoms with Crippen molar-refractivity contribution in [3.8, 4) is 0 Å². The first-order valence-electron chi connectivity index (χ1n) is 8.76. The minimum absolute atomic E-state index is 0.350. The van der Waals surface area contributed by atoms with Crippen LogP contribution in [0.15, 0.2) is 66.9 Å². The molecule has 0 aliphatic heterocycles. The monoisotopic (exact) mass is 359 g/mol. The van der Waals surface area contributed by atoms with Crippen molar-refractivity contribution >= 4 is 11.8 Å². The van der Waals surface area contributed by atoms with E-state index in [4.69, 9.17) is 4.74 Å². The largest absolute Gasteiger partial charge is 0.388 e. The van der Waals surface area contributed by atoms with E-state index in [2.05, 4.69) is 29.1 Å². The molecule has 0 radical (unpaired) electrons. The van der Waals surface area contributed by atoms with E-state index in [1.54, 1.807) is 0 Å². The highest BCUT2D eigenvalue weighted by atomic mass is 19.1. The van der Waals surface area contributed by atoms with Crippen molar-refractivity contribution in [2.45, 2.75) is 0 Å². The number of rotatable bonds is 14. The van der Waals surface area contributed by atoms with E-state index < -0.39 is 0 Å². The molecule has 0 spiro atoms. The molecule has 0 saturated heterocycles. The van der Waals surface area contributed by atoms with E-state index in [-0.39, 0.29) is 6.67 Å². The van der Waals surface area contributed by atoms with Crippen LogP contribution in [0.1, 0.15) is 5.56 Å². The van der Waals surface area contributed by atoms with Crippen LogP contribution in [0.5, 0.6) is 0 Å². The second-order valence-corrected chi connectivity index (χ2v) is 5.62. The molecule has 1 aromatic carbocycles. The fourth-order valence-corrected chi connectivity index (χ4v) is 2.01. The van der Waals surface area contributed by atoms with Gasteiger partial charge in [0, 0.05) is 38.1 Å². The summed E-state index contributed by atoms with van der Waals surface area (Å²) in [5.41, 5.74) is 3.90. The summed E-state index contributed by atoms with van der Waals surface area (Å²) >= 11 is 0. The van der Waals surface area contributed by atoms with Crippen molar-refractivity contribution in [1.29, 1.82) is 0 Å². The van der Waals surface area contributed by atoms with Crippen LogP contribution in [-0.2, 0) is 4.74 Å². The first-order valence-corrected chi connectivity index (χ1v) is 8.76. The molecule has 142 valence electrons. The van der Waals surface area contributed by atoms with Gasteiger partial charge in [0.2, 0.25) is 0 Å². The van der Waals surface area contributed by atoms with E-state index in [9.17, 15) is 4.39 Å². The van der Waals surface area contributed by atoms with Gasteiger partial charge in [-0.15, -0.1) is 0 Å². The topological polar surface area (TPSA) is 45.3 Å². The summed E-state index contributed by atoms with van der Waals surface area (Å²) in [5, 5.41) is 9.19. The molecule has 4 nitrogen and oxygen atoms in total. The van der Waals surface area contributed by atoms with Crippen molar-refractivity contribution in [3.05, 3.63) is 72.5 Å². The molecular formula is C21H30FN3O. The summed E-state index contributed by atoms with van der Waals surface area (Å²) in [6.07, 6.45) is 7.79. The molecule has 0 unspecified atom stereocenters. The Hall–Kier alpha value is -2.37. The highest BCUT2D eigenvalue weighted by Gasteiger charge is 1.92. The maximum Gasteiger partial charge on any atom is 0.102 e. The average molecular weight is 359 g/mol. The number of hydrogen-bond donors (Lipinski definition) is 3. The van der Waals surface area contributed by atoms with Crippen LogP contribution >= 0.6 is 0 Å². The maximum atomic E-state index is 11.9. The SMILES string of the molecule is C=C(/C=C\C(=C)NCCOCCNCCF)/C=C/c1ccc(NC)cc1. The molecule has 0 aliphatic rings.